The molecule has 0 fully saturated rings. The first-order chi connectivity index (χ1) is 17.2. The fourth-order valence-electron chi connectivity index (χ4n) is 4.23. The Hall–Kier alpha value is -2.29. The number of nitrogens with zero attached hydrogens (tertiary/aromatic N) is 2. The first kappa shape index (κ1) is 30.9. The van der Waals surface area contributed by atoms with E-state index in [0.29, 0.717) is 27.7 Å². The van der Waals surface area contributed by atoms with Gasteiger partial charge in [-0.3, -0.25) is 13.9 Å². The monoisotopic (exact) mass is 569 g/mol. The van der Waals surface area contributed by atoms with Crippen LogP contribution < -0.4 is 9.62 Å². The summed E-state index contributed by atoms with van der Waals surface area (Å²) in [5, 5.41) is 3.77. The van der Waals surface area contributed by atoms with Crippen molar-refractivity contribution in [3.8, 4) is 0 Å². The molecule has 37 heavy (non-hydrogen) atoms. The van der Waals surface area contributed by atoms with Crippen LogP contribution >= 0.6 is 23.2 Å². The van der Waals surface area contributed by atoms with Crippen molar-refractivity contribution >= 4 is 50.7 Å². The minimum absolute atomic E-state index is 0.0630. The third-order valence-corrected chi connectivity index (χ3v) is 7.60. The Kier molecular flexibility index (Phi) is 11.3. The molecule has 0 aliphatic rings. The fourth-order valence-corrected chi connectivity index (χ4v) is 5.65. The van der Waals surface area contributed by atoms with Gasteiger partial charge in [-0.25, -0.2) is 8.42 Å². The lowest BCUT2D eigenvalue weighted by molar-refractivity contribution is -0.141. The Morgan fingerprint density at radius 1 is 1.03 bits per heavy atom. The van der Waals surface area contributed by atoms with E-state index in [1.165, 1.54) is 9.21 Å². The maximum atomic E-state index is 13.5. The summed E-state index contributed by atoms with van der Waals surface area (Å²) in [4.78, 5) is 28.0. The van der Waals surface area contributed by atoms with Gasteiger partial charge in [0.25, 0.3) is 0 Å². The van der Waals surface area contributed by atoms with Crippen LogP contribution in [0.1, 0.15) is 56.7 Å². The van der Waals surface area contributed by atoms with Gasteiger partial charge in [-0.1, -0.05) is 42.3 Å². The minimum Gasteiger partial charge on any atom is -0.352 e. The van der Waals surface area contributed by atoms with E-state index in [1.807, 2.05) is 52.8 Å². The molecule has 1 unspecified atom stereocenters. The molecule has 0 aliphatic heterocycles. The third-order valence-electron chi connectivity index (χ3n) is 5.82. The second kappa shape index (κ2) is 13.5. The predicted octanol–water partition coefficient (Wildman–Crippen LogP) is 5.49. The van der Waals surface area contributed by atoms with Crippen molar-refractivity contribution in [2.75, 3.05) is 17.1 Å². The molecule has 204 valence electrons. The Bertz CT molecular complexity index is 1200. The second-order valence-electron chi connectivity index (χ2n) is 9.63. The zero-order chi connectivity index (χ0) is 27.9. The average Bonchev–Trinajstić information content (AvgIpc) is 2.75. The molecular weight excluding hydrogens is 533 g/mol. The van der Waals surface area contributed by atoms with E-state index in [0.717, 1.165) is 17.4 Å². The molecule has 7 nitrogen and oxygen atoms in total. The van der Waals surface area contributed by atoms with E-state index in [4.69, 9.17) is 23.2 Å². The molecule has 0 saturated heterocycles. The highest BCUT2D eigenvalue weighted by Gasteiger charge is 2.29. The number of sulfonamides is 1. The Morgan fingerprint density at radius 3 is 2.16 bits per heavy atom. The SMILES string of the molecule is CCC(C(=O)NC(C)C)N(Cc1ccc(Cl)cc1Cl)C(=O)CCCN(c1cc(C)cc(C)c1)S(C)(=O)=O. The number of aryl methyl sites for hydroxylation is 2. The van der Waals surface area contributed by atoms with E-state index < -0.39 is 16.1 Å². The summed E-state index contributed by atoms with van der Waals surface area (Å²) in [7, 11) is -3.56. The number of anilines is 1. The summed E-state index contributed by atoms with van der Waals surface area (Å²) in [6.45, 7) is 9.66. The molecular formula is C27H37Cl2N3O4S. The lowest BCUT2D eigenvalue weighted by atomic mass is 10.1. The third kappa shape index (κ3) is 9.20. The van der Waals surface area contributed by atoms with Crippen molar-refractivity contribution in [1.29, 1.82) is 0 Å². The van der Waals surface area contributed by atoms with E-state index in [1.54, 1.807) is 18.2 Å². The minimum atomic E-state index is -3.56. The van der Waals surface area contributed by atoms with Crippen molar-refractivity contribution in [2.45, 2.75) is 72.5 Å². The number of amides is 2. The van der Waals surface area contributed by atoms with Gasteiger partial charge in [0.1, 0.15) is 6.04 Å². The molecule has 0 aromatic heterocycles. The zero-order valence-electron chi connectivity index (χ0n) is 22.3. The highest BCUT2D eigenvalue weighted by atomic mass is 35.5. The van der Waals surface area contributed by atoms with Gasteiger partial charge in [-0.15, -0.1) is 0 Å². The van der Waals surface area contributed by atoms with Gasteiger partial charge in [0.2, 0.25) is 21.8 Å². The molecule has 1 atom stereocenters. The first-order valence-corrected chi connectivity index (χ1v) is 14.9. The highest BCUT2D eigenvalue weighted by Crippen LogP contribution is 2.25. The standard InChI is InChI=1S/C27H37Cl2N3O4S/c1-7-25(27(34)30-18(2)3)31(17-21-10-11-22(28)16-24(21)29)26(33)9-8-12-32(37(6,35)36)23-14-19(4)13-20(5)15-23/h10-11,13-16,18,25H,7-9,12,17H2,1-6H3,(H,30,34). The van der Waals surface area contributed by atoms with Gasteiger partial charge >= 0.3 is 0 Å². The van der Waals surface area contributed by atoms with Crippen molar-refractivity contribution < 1.29 is 18.0 Å². The van der Waals surface area contributed by atoms with Crippen LogP contribution in [-0.4, -0.2) is 50.0 Å². The quantitative estimate of drug-likeness (QED) is 0.366. The molecule has 0 aliphatic carbocycles. The van der Waals surface area contributed by atoms with Gasteiger partial charge < -0.3 is 10.2 Å². The van der Waals surface area contributed by atoms with Gasteiger partial charge in [0.05, 0.1) is 11.9 Å². The molecule has 10 heteroatoms. The number of nitrogens with one attached hydrogen (secondary N) is 1. The van der Waals surface area contributed by atoms with Crippen molar-refractivity contribution in [3.05, 3.63) is 63.1 Å². The topological polar surface area (TPSA) is 86.8 Å². The van der Waals surface area contributed by atoms with E-state index in [2.05, 4.69) is 5.32 Å². The second-order valence-corrected chi connectivity index (χ2v) is 12.4. The van der Waals surface area contributed by atoms with Gasteiger partial charge in [0.15, 0.2) is 0 Å². The number of carbonyl (C=O) groups excluding carboxylic acids is 2. The van der Waals surface area contributed by atoms with Crippen LogP contribution in [0.2, 0.25) is 10.0 Å². The first-order valence-electron chi connectivity index (χ1n) is 12.3. The number of benzene rings is 2. The van der Waals surface area contributed by atoms with Crippen LogP contribution in [0.25, 0.3) is 0 Å². The smallest absolute Gasteiger partial charge is 0.243 e. The molecule has 1 N–H and O–H groups in total. The number of hydrogen-bond donors (Lipinski definition) is 1. The number of rotatable bonds is 12. The Balaban J connectivity index is 2.28. The molecule has 2 aromatic rings. The van der Waals surface area contributed by atoms with E-state index in [-0.39, 0.29) is 43.8 Å². The molecule has 0 spiro atoms. The summed E-state index contributed by atoms with van der Waals surface area (Å²) in [6.07, 6.45) is 1.91. The van der Waals surface area contributed by atoms with Crippen LogP contribution in [-0.2, 0) is 26.2 Å². The van der Waals surface area contributed by atoms with E-state index >= 15 is 0 Å². The van der Waals surface area contributed by atoms with Gasteiger partial charge in [-0.05, 0) is 81.5 Å². The van der Waals surface area contributed by atoms with Crippen LogP contribution in [0.5, 0.6) is 0 Å². The molecule has 0 saturated carbocycles. The zero-order valence-corrected chi connectivity index (χ0v) is 24.7. The summed E-state index contributed by atoms with van der Waals surface area (Å²) in [6, 6.07) is 9.84. The number of carbonyl (C=O) groups is 2. The van der Waals surface area contributed by atoms with Crippen molar-refractivity contribution in [1.82, 2.24) is 10.2 Å². The number of hydrogen-bond acceptors (Lipinski definition) is 4. The number of halogens is 2. The summed E-state index contributed by atoms with van der Waals surface area (Å²) >= 11 is 12.4. The summed E-state index contributed by atoms with van der Waals surface area (Å²) in [5.41, 5.74) is 3.14. The van der Waals surface area contributed by atoms with Gasteiger partial charge in [-0.2, -0.15) is 0 Å². The molecule has 0 radical (unpaired) electrons. The Morgan fingerprint density at radius 2 is 1.65 bits per heavy atom. The maximum absolute atomic E-state index is 13.5. The van der Waals surface area contributed by atoms with Crippen molar-refractivity contribution in [3.63, 3.8) is 0 Å². The normalized spacial score (nSPS) is 12.4. The van der Waals surface area contributed by atoms with Crippen molar-refractivity contribution in [2.24, 2.45) is 0 Å². The average molecular weight is 571 g/mol. The lowest BCUT2D eigenvalue weighted by Gasteiger charge is -2.32. The predicted molar refractivity (Wildman–Crippen MR) is 152 cm³/mol. The summed E-state index contributed by atoms with van der Waals surface area (Å²) < 4.78 is 26.5. The Labute approximate surface area is 231 Å². The molecule has 0 heterocycles. The molecule has 2 amide bonds. The largest absolute Gasteiger partial charge is 0.352 e. The van der Waals surface area contributed by atoms with Gasteiger partial charge in [0, 0.05) is 35.6 Å². The lowest BCUT2D eigenvalue weighted by Crippen LogP contribution is -2.50. The van der Waals surface area contributed by atoms with Crippen LogP contribution in [0.4, 0.5) is 5.69 Å². The molecule has 2 rings (SSSR count). The van der Waals surface area contributed by atoms with Crippen LogP contribution in [0.15, 0.2) is 36.4 Å². The highest BCUT2D eigenvalue weighted by molar-refractivity contribution is 7.92. The van der Waals surface area contributed by atoms with E-state index in [9.17, 15) is 18.0 Å². The van der Waals surface area contributed by atoms with Crippen LogP contribution in [0.3, 0.4) is 0 Å². The molecule has 0 bridgehead atoms. The fraction of sp³-hybridized carbons (Fsp3) is 0.481. The maximum Gasteiger partial charge on any atom is 0.243 e. The molecule has 2 aromatic carbocycles. The summed E-state index contributed by atoms with van der Waals surface area (Å²) in [5.74, 6) is -0.505. The van der Waals surface area contributed by atoms with Crippen LogP contribution in [0, 0.1) is 13.8 Å².